The number of carbonyl (C=O) groups is 4. The highest BCUT2D eigenvalue weighted by molar-refractivity contribution is 6.12. The largest absolute Gasteiger partial charge is 0.452 e. The first kappa shape index (κ1) is 22.2. The summed E-state index contributed by atoms with van der Waals surface area (Å²) in [5, 5.41) is 2.55. The zero-order valence-electron chi connectivity index (χ0n) is 17.3. The fourth-order valence-corrected chi connectivity index (χ4v) is 2.92. The summed E-state index contributed by atoms with van der Waals surface area (Å²) in [7, 11) is 1.61. The normalized spacial score (nSPS) is 10.2. The molecule has 3 aromatic rings. The zero-order chi connectivity index (χ0) is 23.1. The Balaban J connectivity index is 1.65. The molecule has 3 amide bonds. The molecule has 3 aromatic carbocycles. The lowest BCUT2D eigenvalue weighted by Gasteiger charge is -2.18. The van der Waals surface area contributed by atoms with Crippen molar-refractivity contribution >= 4 is 35.1 Å². The third kappa shape index (κ3) is 5.37. The van der Waals surface area contributed by atoms with Crippen LogP contribution in [0.1, 0.15) is 31.1 Å². The van der Waals surface area contributed by atoms with Crippen molar-refractivity contribution in [3.05, 3.63) is 95.6 Å². The molecular weight excluding hydrogens is 410 g/mol. The molecule has 3 rings (SSSR count). The van der Waals surface area contributed by atoms with Crippen LogP contribution in [0.3, 0.4) is 0 Å². The number of anilines is 2. The number of amides is 3. The molecule has 32 heavy (non-hydrogen) atoms. The molecule has 8 heteroatoms. The third-order valence-corrected chi connectivity index (χ3v) is 4.61. The first-order valence-electron chi connectivity index (χ1n) is 9.66. The summed E-state index contributed by atoms with van der Waals surface area (Å²) < 4.78 is 5.10. The van der Waals surface area contributed by atoms with Crippen molar-refractivity contribution in [3.8, 4) is 0 Å². The lowest BCUT2D eigenvalue weighted by molar-refractivity contribution is -0.119. The molecule has 0 saturated heterocycles. The third-order valence-electron chi connectivity index (χ3n) is 4.61. The Hall–Kier alpha value is -4.46. The van der Waals surface area contributed by atoms with Gasteiger partial charge in [-0.15, -0.1) is 0 Å². The number of esters is 1. The number of nitrogens with one attached hydrogen (secondary N) is 1. The van der Waals surface area contributed by atoms with Crippen LogP contribution in [0.4, 0.5) is 11.4 Å². The standard InChI is InChI=1S/C24H21N3O5/c1-27(18-7-3-2-4-8-18)23(30)19-9-5-6-10-20(19)24(31)32-15-21(28)26-17-13-11-16(12-14-17)22(25)29/h2-14H,15H2,1H3,(H2,25,29)(H,26,28). The van der Waals surface area contributed by atoms with E-state index in [2.05, 4.69) is 5.32 Å². The summed E-state index contributed by atoms with van der Waals surface area (Å²) in [6.07, 6.45) is 0. The van der Waals surface area contributed by atoms with Gasteiger partial charge in [0.15, 0.2) is 6.61 Å². The van der Waals surface area contributed by atoms with E-state index in [0.29, 0.717) is 16.9 Å². The molecule has 0 aliphatic carbocycles. The molecule has 0 aliphatic rings. The Labute approximate surface area is 184 Å². The maximum absolute atomic E-state index is 12.9. The van der Waals surface area contributed by atoms with Gasteiger partial charge < -0.3 is 20.7 Å². The highest BCUT2D eigenvalue weighted by atomic mass is 16.5. The van der Waals surface area contributed by atoms with Gasteiger partial charge in [0.05, 0.1) is 11.1 Å². The SMILES string of the molecule is CN(C(=O)c1ccccc1C(=O)OCC(=O)Nc1ccc(C(N)=O)cc1)c1ccccc1. The van der Waals surface area contributed by atoms with Gasteiger partial charge in [-0.2, -0.15) is 0 Å². The van der Waals surface area contributed by atoms with E-state index in [1.165, 1.54) is 41.3 Å². The Kier molecular flexibility index (Phi) is 6.97. The number of primary amides is 1. The van der Waals surface area contributed by atoms with Crippen LogP contribution in [0.25, 0.3) is 0 Å². The van der Waals surface area contributed by atoms with Gasteiger partial charge in [0, 0.05) is 24.0 Å². The lowest BCUT2D eigenvalue weighted by atomic mass is 10.1. The number of ether oxygens (including phenoxy) is 1. The number of hydrogen-bond donors (Lipinski definition) is 2. The van der Waals surface area contributed by atoms with E-state index >= 15 is 0 Å². The van der Waals surface area contributed by atoms with Crippen molar-refractivity contribution in [1.29, 1.82) is 0 Å². The van der Waals surface area contributed by atoms with E-state index in [1.54, 1.807) is 43.4 Å². The number of rotatable bonds is 7. The summed E-state index contributed by atoms with van der Waals surface area (Å²) in [6.45, 7) is -0.548. The van der Waals surface area contributed by atoms with Crippen LogP contribution < -0.4 is 16.0 Å². The molecular formula is C24H21N3O5. The van der Waals surface area contributed by atoms with Gasteiger partial charge in [0.2, 0.25) is 5.91 Å². The molecule has 8 nitrogen and oxygen atoms in total. The van der Waals surface area contributed by atoms with Gasteiger partial charge in [0.1, 0.15) is 0 Å². The van der Waals surface area contributed by atoms with Gasteiger partial charge in [-0.25, -0.2) is 4.79 Å². The molecule has 162 valence electrons. The van der Waals surface area contributed by atoms with E-state index in [4.69, 9.17) is 10.5 Å². The van der Waals surface area contributed by atoms with E-state index in [9.17, 15) is 19.2 Å². The number of nitrogens with zero attached hydrogens (tertiary/aromatic N) is 1. The van der Waals surface area contributed by atoms with Gasteiger partial charge in [-0.3, -0.25) is 14.4 Å². The maximum atomic E-state index is 12.9. The minimum atomic E-state index is -0.797. The lowest BCUT2D eigenvalue weighted by Crippen LogP contribution is -2.28. The second-order valence-electron chi connectivity index (χ2n) is 6.81. The Morgan fingerprint density at radius 2 is 1.44 bits per heavy atom. The van der Waals surface area contributed by atoms with E-state index in [1.807, 2.05) is 6.07 Å². The van der Waals surface area contributed by atoms with Gasteiger partial charge in [0.25, 0.3) is 11.8 Å². The molecule has 3 N–H and O–H groups in total. The van der Waals surface area contributed by atoms with Crippen LogP contribution in [0.15, 0.2) is 78.9 Å². The quantitative estimate of drug-likeness (QED) is 0.558. The number of nitrogens with two attached hydrogens (primary N) is 1. The molecule has 0 radical (unpaired) electrons. The highest BCUT2D eigenvalue weighted by Crippen LogP contribution is 2.18. The average Bonchev–Trinajstić information content (AvgIpc) is 2.82. The van der Waals surface area contributed by atoms with Crippen LogP contribution in [0, 0.1) is 0 Å². The number of para-hydroxylation sites is 1. The molecule has 0 bridgehead atoms. The van der Waals surface area contributed by atoms with Crippen molar-refractivity contribution in [1.82, 2.24) is 0 Å². The molecule has 0 heterocycles. The summed E-state index contributed by atoms with van der Waals surface area (Å²) in [6, 6.07) is 21.2. The molecule has 0 aliphatic heterocycles. The van der Waals surface area contributed by atoms with E-state index in [-0.39, 0.29) is 17.0 Å². The molecule has 0 atom stereocenters. The first-order valence-corrected chi connectivity index (χ1v) is 9.66. The summed E-state index contributed by atoms with van der Waals surface area (Å²) in [5.74, 6) is -2.34. The Morgan fingerprint density at radius 1 is 0.844 bits per heavy atom. The number of hydrogen-bond acceptors (Lipinski definition) is 5. The van der Waals surface area contributed by atoms with Crippen LogP contribution in [0.5, 0.6) is 0 Å². The Morgan fingerprint density at radius 3 is 2.06 bits per heavy atom. The maximum Gasteiger partial charge on any atom is 0.339 e. The van der Waals surface area contributed by atoms with Gasteiger partial charge in [-0.05, 0) is 48.5 Å². The van der Waals surface area contributed by atoms with E-state index < -0.39 is 24.4 Å². The second kappa shape index (κ2) is 10.0. The van der Waals surface area contributed by atoms with Gasteiger partial charge in [-0.1, -0.05) is 30.3 Å². The topological polar surface area (TPSA) is 119 Å². The minimum absolute atomic E-state index is 0.0545. The fraction of sp³-hybridized carbons (Fsp3) is 0.0833. The van der Waals surface area contributed by atoms with Crippen molar-refractivity contribution < 1.29 is 23.9 Å². The summed E-state index contributed by atoms with van der Waals surface area (Å²) in [4.78, 5) is 50.2. The van der Waals surface area contributed by atoms with Crippen molar-refractivity contribution in [3.63, 3.8) is 0 Å². The first-order chi connectivity index (χ1) is 15.4. The number of benzene rings is 3. The van der Waals surface area contributed by atoms with Crippen LogP contribution in [0.2, 0.25) is 0 Å². The highest BCUT2D eigenvalue weighted by Gasteiger charge is 2.22. The molecule has 0 spiro atoms. The minimum Gasteiger partial charge on any atom is -0.452 e. The predicted molar refractivity (Wildman–Crippen MR) is 119 cm³/mol. The monoisotopic (exact) mass is 431 g/mol. The van der Waals surface area contributed by atoms with Crippen LogP contribution in [-0.4, -0.2) is 37.3 Å². The van der Waals surface area contributed by atoms with Crippen molar-refractivity contribution in [2.24, 2.45) is 5.73 Å². The molecule has 0 aromatic heterocycles. The zero-order valence-corrected chi connectivity index (χ0v) is 17.3. The fourth-order valence-electron chi connectivity index (χ4n) is 2.92. The summed E-state index contributed by atoms with van der Waals surface area (Å²) in [5.41, 5.74) is 6.77. The predicted octanol–water partition coefficient (Wildman–Crippen LogP) is 2.86. The Bertz CT molecular complexity index is 1140. The molecule has 0 fully saturated rings. The van der Waals surface area contributed by atoms with Crippen LogP contribution >= 0.6 is 0 Å². The van der Waals surface area contributed by atoms with Crippen molar-refractivity contribution in [2.75, 3.05) is 23.9 Å². The van der Waals surface area contributed by atoms with E-state index in [0.717, 1.165) is 0 Å². The van der Waals surface area contributed by atoms with Crippen LogP contribution in [-0.2, 0) is 9.53 Å². The second-order valence-corrected chi connectivity index (χ2v) is 6.81. The van der Waals surface area contributed by atoms with Crippen molar-refractivity contribution in [2.45, 2.75) is 0 Å². The van der Waals surface area contributed by atoms with Gasteiger partial charge >= 0.3 is 5.97 Å². The summed E-state index contributed by atoms with van der Waals surface area (Å²) >= 11 is 0. The smallest absolute Gasteiger partial charge is 0.339 e. The average molecular weight is 431 g/mol. The number of carbonyl (C=O) groups excluding carboxylic acids is 4. The molecule has 0 saturated carbocycles. The molecule has 0 unspecified atom stereocenters.